The first-order chi connectivity index (χ1) is 13.8. The smallest absolute Gasteiger partial charge is 0.263 e. The summed E-state index contributed by atoms with van der Waals surface area (Å²) in [6.07, 6.45) is 0. The molecule has 3 rings (SSSR count). The normalized spacial score (nSPS) is 12.2. The van der Waals surface area contributed by atoms with E-state index >= 15 is 0 Å². The van der Waals surface area contributed by atoms with E-state index in [-0.39, 0.29) is 32.6 Å². The van der Waals surface area contributed by atoms with E-state index in [0.29, 0.717) is 5.56 Å². The number of amides is 1. The predicted molar refractivity (Wildman–Crippen MR) is 116 cm³/mol. The number of hydrogen-bond donors (Lipinski definition) is 2. The summed E-state index contributed by atoms with van der Waals surface area (Å²) in [5, 5.41) is 3.19. The van der Waals surface area contributed by atoms with Crippen molar-refractivity contribution in [3.63, 3.8) is 0 Å². The van der Waals surface area contributed by atoms with E-state index in [1.54, 1.807) is 18.2 Å². The van der Waals surface area contributed by atoms with Gasteiger partial charge in [-0.2, -0.15) is 0 Å². The molecule has 8 heteroatoms. The highest BCUT2D eigenvalue weighted by Crippen LogP contribution is 2.27. The van der Waals surface area contributed by atoms with Gasteiger partial charge < -0.3 is 5.32 Å². The Bertz CT molecular complexity index is 1140. The van der Waals surface area contributed by atoms with Crippen LogP contribution in [0.25, 0.3) is 0 Å². The van der Waals surface area contributed by atoms with E-state index in [1.165, 1.54) is 24.3 Å². The third-order valence-electron chi connectivity index (χ3n) is 4.21. The Kier molecular flexibility index (Phi) is 6.47. The zero-order chi connectivity index (χ0) is 21.0. The van der Waals surface area contributed by atoms with E-state index in [0.717, 1.165) is 5.56 Å². The number of halogens is 2. The molecule has 0 aromatic heterocycles. The lowest BCUT2D eigenvalue weighted by Crippen LogP contribution is -2.26. The second-order valence-electron chi connectivity index (χ2n) is 6.37. The molecule has 0 spiro atoms. The molecule has 0 aliphatic rings. The van der Waals surface area contributed by atoms with Crippen LogP contribution in [0.5, 0.6) is 0 Å². The van der Waals surface area contributed by atoms with Crippen LogP contribution in [0.1, 0.15) is 28.9 Å². The highest BCUT2D eigenvalue weighted by Gasteiger charge is 2.19. The molecule has 0 aliphatic heterocycles. The van der Waals surface area contributed by atoms with Crippen LogP contribution in [0.2, 0.25) is 10.0 Å². The van der Waals surface area contributed by atoms with Crippen LogP contribution in [0, 0.1) is 0 Å². The Hall–Kier alpha value is -2.54. The van der Waals surface area contributed by atoms with Crippen molar-refractivity contribution >= 4 is 44.8 Å². The average molecular weight is 449 g/mol. The van der Waals surface area contributed by atoms with Crippen LogP contribution >= 0.6 is 23.2 Å². The molecule has 0 bridgehead atoms. The van der Waals surface area contributed by atoms with Crippen LogP contribution < -0.4 is 10.0 Å². The van der Waals surface area contributed by atoms with E-state index in [9.17, 15) is 13.2 Å². The highest BCUT2D eigenvalue weighted by molar-refractivity contribution is 7.92. The molecule has 0 saturated heterocycles. The molecule has 29 heavy (non-hydrogen) atoms. The average Bonchev–Trinajstić information content (AvgIpc) is 2.70. The molecule has 3 aromatic rings. The quantitative estimate of drug-likeness (QED) is 0.537. The Morgan fingerprint density at radius 3 is 2.38 bits per heavy atom. The molecule has 0 unspecified atom stereocenters. The summed E-state index contributed by atoms with van der Waals surface area (Å²) >= 11 is 11.9. The number of rotatable bonds is 6. The van der Waals surface area contributed by atoms with Crippen molar-refractivity contribution in [2.75, 3.05) is 4.72 Å². The maximum Gasteiger partial charge on any atom is 0.263 e. The summed E-state index contributed by atoms with van der Waals surface area (Å²) in [7, 11) is -3.97. The summed E-state index contributed by atoms with van der Waals surface area (Å²) < 4.78 is 27.8. The molecular weight excluding hydrogens is 431 g/mol. The molecule has 0 aliphatic carbocycles. The molecule has 2 N–H and O–H groups in total. The number of benzene rings is 3. The second kappa shape index (κ2) is 8.86. The van der Waals surface area contributed by atoms with Crippen molar-refractivity contribution < 1.29 is 13.2 Å². The van der Waals surface area contributed by atoms with Gasteiger partial charge in [-0.05, 0) is 48.9 Å². The molecule has 5 nitrogen and oxygen atoms in total. The fraction of sp³-hybridized carbons (Fsp3) is 0.0952. The standard InChI is InChI=1S/C21H18Cl2N2O3S/c1-14(15-6-3-2-4-7-15)24-21(26)16-8-5-9-18(12-16)25-29(27,28)20-13-17(22)10-11-19(20)23/h2-14,25H,1H3,(H,24,26)/t14-/m1/s1. The zero-order valence-electron chi connectivity index (χ0n) is 15.4. The number of nitrogens with one attached hydrogen (secondary N) is 2. The molecule has 1 amide bonds. The van der Waals surface area contributed by atoms with Crippen molar-refractivity contribution in [1.82, 2.24) is 5.32 Å². The van der Waals surface area contributed by atoms with Crippen molar-refractivity contribution in [3.8, 4) is 0 Å². The SMILES string of the molecule is C[C@@H](NC(=O)c1cccc(NS(=O)(=O)c2cc(Cl)ccc2Cl)c1)c1ccccc1. The molecule has 0 radical (unpaired) electrons. The van der Waals surface area contributed by atoms with Crippen LogP contribution in [-0.4, -0.2) is 14.3 Å². The third-order valence-corrected chi connectivity index (χ3v) is 6.30. The first-order valence-electron chi connectivity index (χ1n) is 8.70. The predicted octanol–water partition coefficient (Wildman–Crippen LogP) is 5.29. The first kappa shape index (κ1) is 21.2. The monoisotopic (exact) mass is 448 g/mol. The molecule has 0 heterocycles. The minimum absolute atomic E-state index is 0.0486. The van der Waals surface area contributed by atoms with Crippen molar-refractivity contribution in [3.05, 3.63) is 94.0 Å². The van der Waals surface area contributed by atoms with Gasteiger partial charge in [0.1, 0.15) is 4.90 Å². The van der Waals surface area contributed by atoms with Crippen LogP contribution in [0.3, 0.4) is 0 Å². The fourth-order valence-corrected chi connectivity index (χ4v) is 4.54. The van der Waals surface area contributed by atoms with Gasteiger partial charge in [0.25, 0.3) is 15.9 Å². The lowest BCUT2D eigenvalue weighted by molar-refractivity contribution is 0.0940. The molecule has 0 fully saturated rings. The van der Waals surface area contributed by atoms with Crippen LogP contribution in [-0.2, 0) is 10.0 Å². The highest BCUT2D eigenvalue weighted by atomic mass is 35.5. The lowest BCUT2D eigenvalue weighted by Gasteiger charge is -2.15. The van der Waals surface area contributed by atoms with Crippen molar-refractivity contribution in [2.45, 2.75) is 17.9 Å². The van der Waals surface area contributed by atoms with E-state index < -0.39 is 10.0 Å². The van der Waals surface area contributed by atoms with Gasteiger partial charge in [0.2, 0.25) is 0 Å². The Morgan fingerprint density at radius 1 is 0.931 bits per heavy atom. The minimum atomic E-state index is -3.97. The van der Waals surface area contributed by atoms with Crippen molar-refractivity contribution in [1.29, 1.82) is 0 Å². The maximum absolute atomic E-state index is 12.7. The minimum Gasteiger partial charge on any atom is -0.346 e. The molecule has 0 saturated carbocycles. The van der Waals surface area contributed by atoms with Gasteiger partial charge in [0.15, 0.2) is 0 Å². The summed E-state index contributed by atoms with van der Waals surface area (Å²) in [6.45, 7) is 1.88. The summed E-state index contributed by atoms with van der Waals surface area (Å²) in [6, 6.07) is 19.7. The third kappa shape index (κ3) is 5.29. The topological polar surface area (TPSA) is 75.3 Å². The molecule has 1 atom stereocenters. The maximum atomic E-state index is 12.7. The Labute approximate surface area is 179 Å². The van der Waals surface area contributed by atoms with Gasteiger partial charge in [0, 0.05) is 16.3 Å². The number of sulfonamides is 1. The summed E-state index contributed by atoms with van der Waals surface area (Å²) in [5.74, 6) is -0.316. The van der Waals surface area contributed by atoms with Crippen molar-refractivity contribution in [2.24, 2.45) is 0 Å². The van der Waals surface area contributed by atoms with E-state index in [2.05, 4.69) is 10.0 Å². The Balaban J connectivity index is 1.79. The second-order valence-corrected chi connectivity index (χ2v) is 8.86. The van der Waals surface area contributed by atoms with Gasteiger partial charge in [-0.1, -0.05) is 59.6 Å². The molecule has 3 aromatic carbocycles. The van der Waals surface area contributed by atoms with Crippen LogP contribution in [0.15, 0.2) is 77.7 Å². The number of carbonyl (C=O) groups is 1. The van der Waals surface area contributed by atoms with Crippen LogP contribution in [0.4, 0.5) is 5.69 Å². The zero-order valence-corrected chi connectivity index (χ0v) is 17.7. The van der Waals surface area contributed by atoms with E-state index in [1.807, 2.05) is 37.3 Å². The number of anilines is 1. The summed E-state index contributed by atoms with van der Waals surface area (Å²) in [4.78, 5) is 12.4. The number of hydrogen-bond acceptors (Lipinski definition) is 3. The Morgan fingerprint density at radius 2 is 1.66 bits per heavy atom. The van der Waals surface area contributed by atoms with Gasteiger partial charge in [-0.3, -0.25) is 9.52 Å². The summed E-state index contributed by atoms with van der Waals surface area (Å²) in [5.41, 5.74) is 1.53. The molecule has 150 valence electrons. The fourth-order valence-electron chi connectivity index (χ4n) is 2.72. The van der Waals surface area contributed by atoms with Gasteiger partial charge in [0.05, 0.1) is 11.1 Å². The largest absolute Gasteiger partial charge is 0.346 e. The first-order valence-corrected chi connectivity index (χ1v) is 10.9. The molecular formula is C21H18Cl2N2O3S. The number of carbonyl (C=O) groups excluding carboxylic acids is 1. The van der Waals surface area contributed by atoms with Gasteiger partial charge in [-0.15, -0.1) is 0 Å². The lowest BCUT2D eigenvalue weighted by atomic mass is 10.1. The van der Waals surface area contributed by atoms with Gasteiger partial charge in [-0.25, -0.2) is 8.42 Å². The van der Waals surface area contributed by atoms with E-state index in [4.69, 9.17) is 23.2 Å². The van der Waals surface area contributed by atoms with Gasteiger partial charge >= 0.3 is 0 Å².